The Hall–Kier alpha value is -2.28. The van der Waals surface area contributed by atoms with E-state index in [1.54, 1.807) is 26.0 Å². The van der Waals surface area contributed by atoms with Gasteiger partial charge < -0.3 is 19.9 Å². The lowest BCUT2D eigenvalue weighted by Crippen LogP contribution is -2.39. The Morgan fingerprint density at radius 3 is 2.57 bits per heavy atom. The molecular weight excluding hydrogens is 450 g/mol. The number of methoxy groups -OCH3 is 1. The molecule has 3 rings (SSSR count). The van der Waals surface area contributed by atoms with Gasteiger partial charge in [0.25, 0.3) is 0 Å². The zero-order valence-corrected chi connectivity index (χ0v) is 19.8. The highest BCUT2D eigenvalue weighted by Crippen LogP contribution is 2.49. The van der Waals surface area contributed by atoms with Crippen LogP contribution in [0.25, 0.3) is 0 Å². The summed E-state index contributed by atoms with van der Waals surface area (Å²) in [4.78, 5) is 26.3. The van der Waals surface area contributed by atoms with Crippen molar-refractivity contribution in [2.75, 3.05) is 7.11 Å². The number of benzene rings is 1. The molecule has 162 valence electrons. The Labute approximate surface area is 185 Å². The molecule has 2 N–H and O–H groups in total. The second kappa shape index (κ2) is 8.10. The van der Waals surface area contributed by atoms with E-state index in [0.29, 0.717) is 39.7 Å². The van der Waals surface area contributed by atoms with Crippen molar-refractivity contribution in [2.24, 2.45) is 5.41 Å². The van der Waals surface area contributed by atoms with Gasteiger partial charge >= 0.3 is 5.97 Å². The molecule has 6 nitrogen and oxygen atoms in total. The quantitative estimate of drug-likeness (QED) is 0.610. The fraction of sp³-hybridized carbons (Fsp3) is 0.478. The van der Waals surface area contributed by atoms with Gasteiger partial charge in [-0.2, -0.15) is 0 Å². The van der Waals surface area contributed by atoms with Gasteiger partial charge in [0, 0.05) is 29.3 Å². The Morgan fingerprint density at radius 1 is 1.30 bits per heavy atom. The zero-order chi connectivity index (χ0) is 22.4. The van der Waals surface area contributed by atoms with Crippen LogP contribution in [0.15, 0.2) is 39.1 Å². The van der Waals surface area contributed by atoms with Crippen molar-refractivity contribution < 1.29 is 24.2 Å². The fourth-order valence-corrected chi connectivity index (χ4v) is 4.69. The summed E-state index contributed by atoms with van der Waals surface area (Å²) in [5, 5.41) is 13.6. The number of hydrogen-bond donors (Lipinski definition) is 2. The number of carbonyl (C=O) groups is 2. The molecule has 0 aromatic heterocycles. The van der Waals surface area contributed by atoms with Gasteiger partial charge in [0.2, 0.25) is 0 Å². The first-order valence-corrected chi connectivity index (χ1v) is 10.8. The van der Waals surface area contributed by atoms with Crippen LogP contribution in [0.5, 0.6) is 11.5 Å². The van der Waals surface area contributed by atoms with E-state index in [-0.39, 0.29) is 28.8 Å². The molecule has 0 saturated carbocycles. The standard InChI is InChI=1S/C23H28BrNO5/c1-11(2)30-22(28)18-12(3)25-15-9-23(4,5)10-16(26)20(15)19(18)13-7-14(24)21(27)17(8-13)29-6/h7-8,11,19,25,27H,9-10H2,1-6H3/t19-/m0/s1. The van der Waals surface area contributed by atoms with Gasteiger partial charge in [-0.15, -0.1) is 0 Å². The number of rotatable bonds is 4. The molecule has 1 heterocycles. The maximum absolute atomic E-state index is 13.3. The van der Waals surface area contributed by atoms with Crippen LogP contribution < -0.4 is 10.1 Å². The van der Waals surface area contributed by atoms with E-state index in [9.17, 15) is 14.7 Å². The van der Waals surface area contributed by atoms with E-state index in [4.69, 9.17) is 9.47 Å². The molecule has 1 aliphatic heterocycles. The van der Waals surface area contributed by atoms with Crippen molar-refractivity contribution in [3.63, 3.8) is 0 Å². The molecular formula is C23H28BrNO5. The van der Waals surface area contributed by atoms with Gasteiger partial charge in [0.05, 0.1) is 23.3 Å². The number of phenols is 1. The minimum atomic E-state index is -0.609. The second-order valence-electron chi connectivity index (χ2n) is 8.94. The SMILES string of the molecule is COc1cc([C@H]2C(C(=O)OC(C)C)=C(C)NC3=C2C(=O)CC(C)(C)C3)cc(Br)c1O. The van der Waals surface area contributed by atoms with Crippen molar-refractivity contribution in [2.45, 2.75) is 59.5 Å². The Morgan fingerprint density at radius 2 is 1.97 bits per heavy atom. The van der Waals surface area contributed by atoms with Crippen LogP contribution in [0, 0.1) is 5.41 Å². The molecule has 0 radical (unpaired) electrons. The highest BCUT2D eigenvalue weighted by molar-refractivity contribution is 9.10. The molecule has 1 aromatic carbocycles. The van der Waals surface area contributed by atoms with Crippen molar-refractivity contribution in [3.8, 4) is 11.5 Å². The second-order valence-corrected chi connectivity index (χ2v) is 9.79. The number of nitrogens with one attached hydrogen (secondary N) is 1. The average molecular weight is 478 g/mol. The van der Waals surface area contributed by atoms with Gasteiger partial charge in [-0.1, -0.05) is 13.8 Å². The lowest BCUT2D eigenvalue weighted by Gasteiger charge is -2.39. The molecule has 0 bridgehead atoms. The van der Waals surface area contributed by atoms with Crippen LogP contribution in [0.3, 0.4) is 0 Å². The largest absolute Gasteiger partial charge is 0.503 e. The predicted molar refractivity (Wildman–Crippen MR) is 117 cm³/mol. The summed E-state index contributed by atoms with van der Waals surface area (Å²) in [6.07, 6.45) is 0.799. The summed E-state index contributed by atoms with van der Waals surface area (Å²) in [5.74, 6) is -0.844. The lowest BCUT2D eigenvalue weighted by molar-refractivity contribution is -0.143. The summed E-state index contributed by atoms with van der Waals surface area (Å²) in [6, 6.07) is 3.39. The number of ether oxygens (including phenoxy) is 2. The van der Waals surface area contributed by atoms with E-state index >= 15 is 0 Å². The van der Waals surface area contributed by atoms with Gasteiger partial charge in [0.1, 0.15) is 0 Å². The Balaban J connectivity index is 2.24. The summed E-state index contributed by atoms with van der Waals surface area (Å²) in [5.41, 5.74) is 2.98. The van der Waals surface area contributed by atoms with Crippen molar-refractivity contribution in [1.82, 2.24) is 5.32 Å². The van der Waals surface area contributed by atoms with Crippen LogP contribution >= 0.6 is 15.9 Å². The minimum Gasteiger partial charge on any atom is -0.503 e. The number of hydrogen-bond acceptors (Lipinski definition) is 6. The number of phenolic OH excluding ortho intramolecular Hbond substituents is 1. The predicted octanol–water partition coefficient (Wildman–Crippen LogP) is 4.72. The van der Waals surface area contributed by atoms with E-state index in [1.807, 2.05) is 6.92 Å². The van der Waals surface area contributed by atoms with E-state index in [0.717, 1.165) is 5.70 Å². The first-order chi connectivity index (χ1) is 13.9. The van der Waals surface area contributed by atoms with Crippen LogP contribution in [0.2, 0.25) is 0 Å². The average Bonchev–Trinajstić information content (AvgIpc) is 2.60. The highest BCUT2D eigenvalue weighted by Gasteiger charge is 2.43. The third-order valence-electron chi connectivity index (χ3n) is 5.41. The maximum Gasteiger partial charge on any atom is 0.337 e. The van der Waals surface area contributed by atoms with Gasteiger partial charge in [-0.3, -0.25) is 4.79 Å². The lowest BCUT2D eigenvalue weighted by atomic mass is 9.68. The number of allylic oxidation sites excluding steroid dienone is 3. The molecule has 7 heteroatoms. The summed E-state index contributed by atoms with van der Waals surface area (Å²) < 4.78 is 11.3. The number of esters is 1. The van der Waals surface area contributed by atoms with Crippen molar-refractivity contribution in [1.29, 1.82) is 0 Å². The molecule has 0 saturated heterocycles. The normalized spacial score (nSPS) is 20.8. The minimum absolute atomic E-state index is 0.00395. The summed E-state index contributed by atoms with van der Waals surface area (Å²) >= 11 is 3.36. The molecule has 1 aliphatic carbocycles. The third kappa shape index (κ3) is 4.13. The maximum atomic E-state index is 13.3. The molecule has 1 aromatic rings. The van der Waals surface area contributed by atoms with Crippen LogP contribution in [0.4, 0.5) is 0 Å². The first-order valence-electron chi connectivity index (χ1n) is 9.96. The molecule has 1 atom stereocenters. The smallest absolute Gasteiger partial charge is 0.337 e. The number of aromatic hydroxyl groups is 1. The van der Waals surface area contributed by atoms with Crippen LogP contribution in [-0.4, -0.2) is 30.1 Å². The first kappa shape index (κ1) is 22.4. The molecule has 2 aliphatic rings. The number of dihydropyridines is 1. The van der Waals surface area contributed by atoms with E-state index < -0.39 is 11.9 Å². The zero-order valence-electron chi connectivity index (χ0n) is 18.2. The summed E-state index contributed by atoms with van der Waals surface area (Å²) in [7, 11) is 1.46. The molecule has 0 spiro atoms. The van der Waals surface area contributed by atoms with E-state index in [1.165, 1.54) is 7.11 Å². The van der Waals surface area contributed by atoms with Crippen molar-refractivity contribution in [3.05, 3.63) is 44.7 Å². The van der Waals surface area contributed by atoms with Gasteiger partial charge in [0.15, 0.2) is 17.3 Å². The van der Waals surface area contributed by atoms with E-state index in [2.05, 4.69) is 35.1 Å². The highest BCUT2D eigenvalue weighted by atomic mass is 79.9. The number of Topliss-reactive ketones (excluding diaryl/α,β-unsaturated/α-hetero) is 1. The van der Waals surface area contributed by atoms with Crippen LogP contribution in [0.1, 0.15) is 58.9 Å². The van der Waals surface area contributed by atoms with Crippen molar-refractivity contribution >= 4 is 27.7 Å². The van der Waals surface area contributed by atoms with Gasteiger partial charge in [-0.25, -0.2) is 4.79 Å². The Kier molecular flexibility index (Phi) is 6.05. The van der Waals surface area contributed by atoms with Gasteiger partial charge in [-0.05, 0) is 66.2 Å². The molecule has 0 unspecified atom stereocenters. The molecule has 30 heavy (non-hydrogen) atoms. The number of halogens is 1. The Bertz CT molecular complexity index is 974. The number of carbonyl (C=O) groups excluding carboxylic acids is 2. The molecule has 0 amide bonds. The number of ketones is 1. The molecule has 0 fully saturated rings. The van der Waals surface area contributed by atoms with Crippen LogP contribution in [-0.2, 0) is 14.3 Å². The monoisotopic (exact) mass is 477 g/mol. The third-order valence-corrected chi connectivity index (χ3v) is 6.01. The topological polar surface area (TPSA) is 84.9 Å². The summed E-state index contributed by atoms with van der Waals surface area (Å²) in [6.45, 7) is 9.53. The fourth-order valence-electron chi connectivity index (χ4n) is 4.23.